The first-order valence-corrected chi connectivity index (χ1v) is 29.1. The number of anilines is 6. The maximum absolute atomic E-state index is 4.69. The Balaban J connectivity index is 1.11. The van der Waals surface area contributed by atoms with E-state index in [1.165, 1.54) is 120 Å². The average molecular weight is 1030 g/mol. The third kappa shape index (κ3) is 7.82. The van der Waals surface area contributed by atoms with Crippen LogP contribution in [-0.2, 0) is 5.41 Å². The van der Waals surface area contributed by atoms with Crippen LogP contribution in [0.25, 0.3) is 65.0 Å². The fraction of sp³-hybridized carbons (Fsp3) is 0.179. The summed E-state index contributed by atoms with van der Waals surface area (Å²) >= 11 is 0. The lowest BCUT2D eigenvalue weighted by atomic mass is 9.47. The van der Waals surface area contributed by atoms with Crippen molar-refractivity contribution in [3.63, 3.8) is 0 Å². The maximum atomic E-state index is 4.69. The number of hydrogen-bond donors (Lipinski definition) is 0. The largest absolute Gasteiger partial charge is 0.308 e. The Bertz CT molecular complexity index is 4370. The Morgan fingerprint density at radius 3 is 1.21 bits per heavy atom. The van der Waals surface area contributed by atoms with E-state index in [1.807, 2.05) is 0 Å². The Morgan fingerprint density at radius 1 is 0.362 bits per heavy atom. The number of nitrogens with zero attached hydrogens (tertiary/aromatic N) is 2. The molecule has 0 amide bonds. The van der Waals surface area contributed by atoms with Gasteiger partial charge in [0.2, 0.25) is 0 Å². The molecule has 0 unspecified atom stereocenters. The molecular formula is C78H66N2. The van der Waals surface area contributed by atoms with E-state index >= 15 is 0 Å². The average Bonchev–Trinajstić information content (AvgIpc) is 3.35. The highest BCUT2D eigenvalue weighted by Crippen LogP contribution is 2.65. The van der Waals surface area contributed by atoms with Gasteiger partial charge in [0.25, 0.3) is 0 Å². The molecule has 0 saturated heterocycles. The van der Waals surface area contributed by atoms with Gasteiger partial charge in [-0.2, -0.15) is 0 Å². The topological polar surface area (TPSA) is 6.48 Å². The van der Waals surface area contributed by atoms with Gasteiger partial charge in [-0.15, -0.1) is 0 Å². The second kappa shape index (κ2) is 18.7. The lowest BCUT2D eigenvalue weighted by Gasteiger charge is -2.57. The predicted molar refractivity (Wildman–Crippen MR) is 342 cm³/mol. The summed E-state index contributed by atoms with van der Waals surface area (Å²) in [4.78, 5) is 5.22. The fourth-order valence-corrected chi connectivity index (χ4v) is 15.7. The maximum Gasteiger partial charge on any atom is 0.0785 e. The van der Waals surface area contributed by atoms with Crippen LogP contribution in [0.2, 0.25) is 0 Å². The molecule has 16 rings (SSSR count). The zero-order valence-corrected chi connectivity index (χ0v) is 46.5. The molecule has 4 saturated carbocycles. The number of hydrogen-bond acceptors (Lipinski definition) is 2. The van der Waals surface area contributed by atoms with Crippen LogP contribution in [0.5, 0.6) is 0 Å². The second-order valence-electron chi connectivity index (χ2n) is 24.4. The molecule has 0 heterocycles. The van der Waals surface area contributed by atoms with Crippen LogP contribution in [0.4, 0.5) is 34.1 Å². The van der Waals surface area contributed by atoms with Crippen LogP contribution < -0.4 is 9.80 Å². The van der Waals surface area contributed by atoms with Gasteiger partial charge < -0.3 is 9.80 Å². The molecule has 4 bridgehead atoms. The zero-order valence-electron chi connectivity index (χ0n) is 46.5. The molecule has 12 aromatic carbocycles. The van der Waals surface area contributed by atoms with Crippen LogP contribution >= 0.6 is 0 Å². The van der Waals surface area contributed by atoms with Crippen molar-refractivity contribution in [2.75, 3.05) is 9.80 Å². The van der Waals surface area contributed by atoms with Crippen LogP contribution in [0.1, 0.15) is 88.6 Å². The Kier molecular flexibility index (Phi) is 11.3. The van der Waals surface area contributed by atoms with Gasteiger partial charge in [0.1, 0.15) is 0 Å². The summed E-state index contributed by atoms with van der Waals surface area (Å²) < 4.78 is 0. The highest BCUT2D eigenvalue weighted by atomic mass is 15.2. The van der Waals surface area contributed by atoms with Gasteiger partial charge in [0.05, 0.1) is 11.4 Å². The van der Waals surface area contributed by atoms with E-state index in [4.69, 9.17) is 0 Å². The molecular weight excluding hydrogens is 965 g/mol. The summed E-state index contributed by atoms with van der Waals surface area (Å²) in [5.74, 6) is 2.22. The molecule has 0 spiro atoms. The Morgan fingerprint density at radius 2 is 0.738 bits per heavy atom. The first-order valence-electron chi connectivity index (χ1n) is 29.1. The highest BCUT2D eigenvalue weighted by Gasteiger charge is 2.53. The van der Waals surface area contributed by atoms with Crippen molar-refractivity contribution in [1.82, 2.24) is 0 Å². The summed E-state index contributed by atoms with van der Waals surface area (Å²) in [6.45, 7) is 18.1. The van der Waals surface area contributed by atoms with E-state index in [1.54, 1.807) is 5.56 Å². The minimum Gasteiger partial charge on any atom is -0.308 e. The van der Waals surface area contributed by atoms with Crippen LogP contribution in [0.15, 0.2) is 225 Å². The van der Waals surface area contributed by atoms with E-state index < -0.39 is 0 Å². The van der Waals surface area contributed by atoms with Crippen molar-refractivity contribution in [1.29, 1.82) is 0 Å². The first-order chi connectivity index (χ1) is 39.1. The molecule has 4 fully saturated rings. The minimum absolute atomic E-state index is 0.00175. The predicted octanol–water partition coefficient (Wildman–Crippen LogP) is 21.7. The van der Waals surface area contributed by atoms with Crippen molar-refractivity contribution in [3.05, 3.63) is 276 Å². The zero-order chi connectivity index (χ0) is 54.0. The molecule has 80 heavy (non-hydrogen) atoms. The summed E-state index contributed by atoms with van der Waals surface area (Å²) in [7, 11) is 0. The molecule has 0 atom stereocenters. The van der Waals surface area contributed by atoms with Crippen LogP contribution in [-0.4, -0.2) is 0 Å². The molecule has 12 aromatic rings. The molecule has 388 valence electrons. The normalized spacial score (nSPS) is 18.5. The van der Waals surface area contributed by atoms with Gasteiger partial charge in [-0.05, 0) is 226 Å². The van der Waals surface area contributed by atoms with E-state index in [0.29, 0.717) is 0 Å². The van der Waals surface area contributed by atoms with Crippen molar-refractivity contribution in [2.24, 2.45) is 17.8 Å². The van der Waals surface area contributed by atoms with E-state index in [2.05, 4.69) is 263 Å². The quantitative estimate of drug-likeness (QED) is 0.0941. The van der Waals surface area contributed by atoms with Gasteiger partial charge in [-0.25, -0.2) is 0 Å². The summed E-state index contributed by atoms with van der Waals surface area (Å²) in [5.41, 5.74) is 19.8. The summed E-state index contributed by atoms with van der Waals surface area (Å²) in [6, 6.07) is 80.8. The highest BCUT2D eigenvalue weighted by molar-refractivity contribution is 6.41. The van der Waals surface area contributed by atoms with Crippen molar-refractivity contribution in [3.8, 4) is 0 Å². The van der Waals surface area contributed by atoms with Gasteiger partial charge in [-0.3, -0.25) is 0 Å². The van der Waals surface area contributed by atoms with E-state index in [9.17, 15) is 0 Å². The number of benzene rings is 12. The Labute approximate surface area is 471 Å². The molecule has 2 nitrogen and oxygen atoms in total. The summed E-state index contributed by atoms with van der Waals surface area (Å²) in [6.07, 6.45) is 7.81. The van der Waals surface area contributed by atoms with E-state index in [-0.39, 0.29) is 5.41 Å². The summed E-state index contributed by atoms with van der Waals surface area (Å²) in [5, 5.41) is 13.4. The molecule has 2 heteroatoms. The molecule has 0 radical (unpaired) electrons. The van der Waals surface area contributed by atoms with Gasteiger partial charge in [0, 0.05) is 33.5 Å². The lowest BCUT2D eigenvalue weighted by Crippen LogP contribution is -2.48. The van der Waals surface area contributed by atoms with Gasteiger partial charge in [0.15, 0.2) is 0 Å². The van der Waals surface area contributed by atoms with E-state index in [0.717, 1.165) is 79.6 Å². The smallest absolute Gasteiger partial charge is 0.0785 e. The molecule has 0 aliphatic heterocycles. The van der Waals surface area contributed by atoms with Crippen molar-refractivity contribution < 1.29 is 0 Å². The van der Waals surface area contributed by atoms with Crippen LogP contribution in [0, 0.1) is 45.4 Å². The molecule has 4 aliphatic carbocycles. The van der Waals surface area contributed by atoms with Gasteiger partial charge in [-0.1, -0.05) is 193 Å². The number of fused-ring (bicyclic) bond motifs is 4. The SMILES string of the molecule is C=C(c1ccc(C)cc1)c1ccc(N(c2ccc(C)cc2)c2cc3c4cccc5cccc(c54)c4c5ccccc5c(C56CC7CC(CC(C7)C5)C6)c(c2N(c2ccc(C)cc2)c2ccc(C(=C)c5ccc(C)cc5)cc2)c34)cc1. The van der Waals surface area contributed by atoms with Crippen molar-refractivity contribution in [2.45, 2.75) is 71.6 Å². The monoisotopic (exact) mass is 1030 g/mol. The second-order valence-corrected chi connectivity index (χ2v) is 24.4. The molecule has 0 aromatic heterocycles. The molecule has 4 aliphatic rings. The standard InChI is InChI=1S/C78H66N2/c1-48-17-25-57(26-18-48)52(5)59-29-37-63(38-30-59)79(62-33-21-50(3)22-34-62)71-44-70-67-15-9-11-61-12-10-16-69(72(61)67)73-66-13-7-8-14-68(66)76(78-45-54-41-55(46-78)43-56(42-54)47-78)75(74(70)73)77(71)80(64-35-23-51(4)24-36-64)65-39-31-60(32-40-65)53(6)58-27-19-49(2)20-28-58/h7-40,44,54-56H,5-6,41-43,45-47H2,1-4H3. The van der Waals surface area contributed by atoms with Crippen molar-refractivity contribution >= 4 is 99.1 Å². The first kappa shape index (κ1) is 48.4. The number of aryl methyl sites for hydroxylation is 4. The minimum atomic E-state index is 0.00175. The molecule has 0 N–H and O–H groups in total. The third-order valence-electron chi connectivity index (χ3n) is 19.1. The fourth-order valence-electron chi connectivity index (χ4n) is 15.7. The number of rotatable bonds is 11. The Hall–Kier alpha value is -8.72. The van der Waals surface area contributed by atoms with Gasteiger partial charge >= 0.3 is 0 Å². The van der Waals surface area contributed by atoms with Crippen LogP contribution in [0.3, 0.4) is 0 Å². The lowest BCUT2D eigenvalue weighted by molar-refractivity contribution is -0.00381. The third-order valence-corrected chi connectivity index (χ3v) is 19.1.